The second-order valence-electron chi connectivity index (χ2n) is 4.86. The van der Waals surface area contributed by atoms with Gasteiger partial charge in [0.2, 0.25) is 0 Å². The van der Waals surface area contributed by atoms with Gasteiger partial charge >= 0.3 is 5.97 Å². The van der Waals surface area contributed by atoms with Crippen molar-refractivity contribution < 1.29 is 19.1 Å². The van der Waals surface area contributed by atoms with E-state index in [0.717, 1.165) is 0 Å². The Kier molecular flexibility index (Phi) is 5.28. The molecule has 0 aliphatic rings. The van der Waals surface area contributed by atoms with E-state index >= 15 is 0 Å². The summed E-state index contributed by atoms with van der Waals surface area (Å²) in [6.45, 7) is 3.47. The molecule has 1 rings (SSSR count). The van der Waals surface area contributed by atoms with Gasteiger partial charge in [-0.1, -0.05) is 0 Å². The average Bonchev–Trinajstić information content (AvgIpc) is 2.29. The van der Waals surface area contributed by atoms with Gasteiger partial charge in [-0.05, 0) is 61.1 Å². The van der Waals surface area contributed by atoms with Gasteiger partial charge in [0, 0.05) is 21.1 Å². The molecular formula is C13H15FINO3. The van der Waals surface area contributed by atoms with Gasteiger partial charge in [-0.3, -0.25) is 9.59 Å². The molecule has 0 fully saturated rings. The van der Waals surface area contributed by atoms with Gasteiger partial charge in [0.25, 0.3) is 5.91 Å². The van der Waals surface area contributed by atoms with Gasteiger partial charge in [0.05, 0.1) is 0 Å². The zero-order valence-electron chi connectivity index (χ0n) is 10.7. The van der Waals surface area contributed by atoms with Crippen molar-refractivity contribution in [2.75, 3.05) is 0 Å². The molecule has 0 saturated heterocycles. The second kappa shape index (κ2) is 6.31. The van der Waals surface area contributed by atoms with E-state index in [1.807, 2.05) is 22.6 Å². The van der Waals surface area contributed by atoms with Crippen molar-refractivity contribution in [1.82, 2.24) is 5.32 Å². The van der Waals surface area contributed by atoms with E-state index in [1.54, 1.807) is 13.8 Å². The van der Waals surface area contributed by atoms with Crippen molar-refractivity contribution in [3.05, 3.63) is 33.1 Å². The highest BCUT2D eigenvalue weighted by molar-refractivity contribution is 14.1. The molecule has 0 aromatic heterocycles. The van der Waals surface area contributed by atoms with Crippen molar-refractivity contribution in [3.63, 3.8) is 0 Å². The molecule has 0 aliphatic heterocycles. The molecule has 1 aromatic rings. The number of nitrogens with one attached hydrogen (secondary N) is 1. The fraction of sp³-hybridized carbons (Fsp3) is 0.385. The molecule has 0 unspecified atom stereocenters. The fourth-order valence-electron chi connectivity index (χ4n) is 1.50. The summed E-state index contributed by atoms with van der Waals surface area (Å²) in [5.74, 6) is -1.77. The largest absolute Gasteiger partial charge is 0.481 e. The number of carboxylic acid groups (broad SMARTS) is 1. The molecule has 0 heterocycles. The zero-order chi connectivity index (χ0) is 14.6. The maximum atomic E-state index is 13.4. The molecule has 0 atom stereocenters. The number of carbonyl (C=O) groups excluding carboxylic acids is 1. The average molecular weight is 379 g/mol. The molecule has 0 spiro atoms. The summed E-state index contributed by atoms with van der Waals surface area (Å²) in [6.07, 6.45) is 0.273. The van der Waals surface area contributed by atoms with Gasteiger partial charge in [-0.2, -0.15) is 0 Å². The maximum Gasteiger partial charge on any atom is 0.303 e. The Hall–Kier alpha value is -1.18. The summed E-state index contributed by atoms with van der Waals surface area (Å²) in [5, 5.41) is 11.3. The van der Waals surface area contributed by atoms with E-state index in [2.05, 4.69) is 5.32 Å². The van der Waals surface area contributed by atoms with Gasteiger partial charge in [-0.25, -0.2) is 4.39 Å². The second-order valence-corrected chi connectivity index (χ2v) is 6.02. The quantitative estimate of drug-likeness (QED) is 0.774. The van der Waals surface area contributed by atoms with Gasteiger partial charge in [0.1, 0.15) is 5.82 Å². The van der Waals surface area contributed by atoms with Crippen molar-refractivity contribution in [1.29, 1.82) is 0 Å². The molecule has 0 saturated carbocycles. The Balaban J connectivity index is 2.72. The number of rotatable bonds is 5. The van der Waals surface area contributed by atoms with Crippen LogP contribution in [0, 0.1) is 9.39 Å². The van der Waals surface area contributed by atoms with E-state index in [0.29, 0.717) is 9.99 Å². The fourth-order valence-corrected chi connectivity index (χ4v) is 1.83. The summed E-state index contributed by atoms with van der Waals surface area (Å²) in [5.41, 5.74) is -0.434. The van der Waals surface area contributed by atoms with Crippen LogP contribution in [0.2, 0.25) is 0 Å². The monoisotopic (exact) mass is 379 g/mol. The Morgan fingerprint density at radius 2 is 2.05 bits per heavy atom. The van der Waals surface area contributed by atoms with E-state index in [-0.39, 0.29) is 12.0 Å². The minimum absolute atomic E-state index is 0.0334. The van der Waals surface area contributed by atoms with Gasteiger partial charge in [-0.15, -0.1) is 0 Å². The number of carbonyl (C=O) groups is 2. The summed E-state index contributed by atoms with van der Waals surface area (Å²) in [6, 6.07) is 4.23. The lowest BCUT2D eigenvalue weighted by atomic mass is 9.98. The first-order valence-corrected chi connectivity index (χ1v) is 6.78. The first-order chi connectivity index (χ1) is 8.71. The molecule has 0 radical (unpaired) electrons. The van der Waals surface area contributed by atoms with Crippen LogP contribution in [0.1, 0.15) is 37.0 Å². The predicted octanol–water partition coefficient (Wildman–Crippen LogP) is 2.80. The number of amides is 1. The SMILES string of the molecule is CC(C)(CCC(=O)O)NC(=O)c1ccc(I)c(F)c1. The van der Waals surface area contributed by atoms with E-state index in [4.69, 9.17) is 5.11 Å². The standard InChI is InChI=1S/C13H15FINO3/c1-13(2,6-5-11(17)18)16-12(19)8-3-4-10(15)9(14)7-8/h3-4,7H,5-6H2,1-2H3,(H,16,19)(H,17,18). The topological polar surface area (TPSA) is 66.4 Å². The Morgan fingerprint density at radius 1 is 1.42 bits per heavy atom. The highest BCUT2D eigenvalue weighted by atomic mass is 127. The van der Waals surface area contributed by atoms with Gasteiger partial charge < -0.3 is 10.4 Å². The van der Waals surface area contributed by atoms with Crippen molar-refractivity contribution in [2.24, 2.45) is 0 Å². The number of benzene rings is 1. The number of hydrogen-bond acceptors (Lipinski definition) is 2. The lowest BCUT2D eigenvalue weighted by molar-refractivity contribution is -0.137. The summed E-state index contributed by atoms with van der Waals surface area (Å²) < 4.78 is 13.8. The number of hydrogen-bond donors (Lipinski definition) is 2. The minimum atomic E-state index is -0.914. The van der Waals surface area contributed by atoms with E-state index < -0.39 is 23.2 Å². The lowest BCUT2D eigenvalue weighted by Crippen LogP contribution is -2.43. The maximum absolute atomic E-state index is 13.4. The number of halogens is 2. The van der Waals surface area contributed by atoms with Crippen LogP contribution in [0.3, 0.4) is 0 Å². The molecule has 4 nitrogen and oxygen atoms in total. The molecular weight excluding hydrogens is 364 g/mol. The van der Waals surface area contributed by atoms with Gasteiger partial charge in [0.15, 0.2) is 0 Å². The Bertz CT molecular complexity index is 503. The first-order valence-electron chi connectivity index (χ1n) is 5.70. The van der Waals surface area contributed by atoms with Crippen LogP contribution in [0.15, 0.2) is 18.2 Å². The Labute approximate surface area is 124 Å². The van der Waals surface area contributed by atoms with E-state index in [9.17, 15) is 14.0 Å². The lowest BCUT2D eigenvalue weighted by Gasteiger charge is -2.25. The smallest absolute Gasteiger partial charge is 0.303 e. The highest BCUT2D eigenvalue weighted by Crippen LogP contribution is 2.15. The molecule has 0 aliphatic carbocycles. The van der Waals surface area contributed by atoms with Crippen LogP contribution in [-0.2, 0) is 4.79 Å². The first kappa shape index (κ1) is 15.9. The predicted molar refractivity (Wildman–Crippen MR) is 77.5 cm³/mol. The molecule has 104 valence electrons. The molecule has 19 heavy (non-hydrogen) atoms. The number of aliphatic carboxylic acids is 1. The molecule has 1 amide bonds. The summed E-state index contributed by atoms with van der Waals surface area (Å²) in [7, 11) is 0. The van der Waals surface area contributed by atoms with Crippen LogP contribution in [0.4, 0.5) is 4.39 Å². The molecule has 0 bridgehead atoms. The summed E-state index contributed by atoms with van der Waals surface area (Å²) in [4.78, 5) is 22.5. The van der Waals surface area contributed by atoms with Crippen molar-refractivity contribution in [2.45, 2.75) is 32.2 Å². The highest BCUT2D eigenvalue weighted by Gasteiger charge is 2.22. The van der Waals surface area contributed by atoms with Crippen LogP contribution in [0.5, 0.6) is 0 Å². The normalized spacial score (nSPS) is 11.2. The third-order valence-electron chi connectivity index (χ3n) is 2.60. The van der Waals surface area contributed by atoms with Crippen molar-refractivity contribution >= 4 is 34.5 Å². The zero-order valence-corrected chi connectivity index (χ0v) is 12.8. The van der Waals surface area contributed by atoms with Crippen LogP contribution in [-0.4, -0.2) is 22.5 Å². The molecule has 1 aromatic carbocycles. The molecule has 2 N–H and O–H groups in total. The Morgan fingerprint density at radius 3 is 2.58 bits per heavy atom. The van der Waals surface area contributed by atoms with Crippen molar-refractivity contribution in [3.8, 4) is 0 Å². The van der Waals surface area contributed by atoms with E-state index in [1.165, 1.54) is 18.2 Å². The third-order valence-corrected chi connectivity index (χ3v) is 3.47. The number of carboxylic acids is 1. The molecule has 6 heteroatoms. The third kappa shape index (κ3) is 5.14. The summed E-state index contributed by atoms with van der Waals surface area (Å²) >= 11 is 1.84. The minimum Gasteiger partial charge on any atom is -0.481 e. The van der Waals surface area contributed by atoms with Crippen LogP contribution >= 0.6 is 22.6 Å². The van der Waals surface area contributed by atoms with Crippen LogP contribution in [0.25, 0.3) is 0 Å². The van der Waals surface area contributed by atoms with Crippen LogP contribution < -0.4 is 5.32 Å².